The van der Waals surface area contributed by atoms with Crippen LogP contribution in [-0.2, 0) is 23.0 Å². The van der Waals surface area contributed by atoms with Gasteiger partial charge in [0.25, 0.3) is 10.0 Å². The lowest BCUT2D eigenvalue weighted by Gasteiger charge is -2.15. The van der Waals surface area contributed by atoms with Crippen molar-refractivity contribution in [1.29, 1.82) is 0 Å². The quantitative estimate of drug-likeness (QED) is 0.841. The van der Waals surface area contributed by atoms with Gasteiger partial charge in [0.15, 0.2) is 0 Å². The Kier molecular flexibility index (Phi) is 3.78. The second kappa shape index (κ2) is 5.21. The molecule has 2 heterocycles. The third-order valence-electron chi connectivity index (χ3n) is 3.85. The van der Waals surface area contributed by atoms with Crippen LogP contribution in [0.25, 0.3) is 10.1 Å². The Labute approximate surface area is 134 Å². The molecular formula is C14H17ClN2O2S2. The maximum absolute atomic E-state index is 12.6. The third kappa shape index (κ3) is 2.39. The fraction of sp³-hybridized carbons (Fsp3) is 0.429. The maximum atomic E-state index is 12.6. The molecule has 4 nitrogen and oxygen atoms in total. The lowest BCUT2D eigenvalue weighted by Crippen LogP contribution is -2.24. The fourth-order valence-corrected chi connectivity index (χ4v) is 5.87. The van der Waals surface area contributed by atoms with E-state index in [0.717, 1.165) is 39.2 Å². The van der Waals surface area contributed by atoms with E-state index in [-0.39, 0.29) is 0 Å². The van der Waals surface area contributed by atoms with Crippen LogP contribution < -0.4 is 0 Å². The van der Waals surface area contributed by atoms with Crippen molar-refractivity contribution in [2.75, 3.05) is 27.7 Å². The Hall–Kier alpha value is -0.660. The van der Waals surface area contributed by atoms with Crippen LogP contribution in [0.2, 0.25) is 5.02 Å². The van der Waals surface area contributed by atoms with Gasteiger partial charge in [-0.05, 0) is 31.2 Å². The summed E-state index contributed by atoms with van der Waals surface area (Å²) in [6, 6.07) is 3.80. The Morgan fingerprint density at radius 2 is 2.00 bits per heavy atom. The van der Waals surface area contributed by atoms with Gasteiger partial charge in [-0.3, -0.25) is 0 Å². The number of hydrogen-bond acceptors (Lipinski definition) is 4. The minimum absolute atomic E-state index is 0.444. The molecule has 0 atom stereocenters. The number of likely N-dealkylation sites (N-methyl/N-ethyl adjacent to an activating group) is 1. The van der Waals surface area contributed by atoms with Crippen LogP contribution >= 0.6 is 22.9 Å². The summed E-state index contributed by atoms with van der Waals surface area (Å²) in [7, 11) is 1.71. The van der Waals surface area contributed by atoms with E-state index in [4.69, 9.17) is 11.6 Å². The highest BCUT2D eigenvalue weighted by Crippen LogP contribution is 2.41. The van der Waals surface area contributed by atoms with E-state index in [2.05, 4.69) is 4.90 Å². The van der Waals surface area contributed by atoms with Crippen LogP contribution in [0.1, 0.15) is 11.1 Å². The lowest BCUT2D eigenvalue weighted by molar-refractivity contribution is 0.334. The molecule has 1 aromatic heterocycles. The largest absolute Gasteiger partial charge is 0.302 e. The Balaban J connectivity index is 2.39. The lowest BCUT2D eigenvalue weighted by atomic mass is 10.1. The molecule has 1 aliphatic heterocycles. The summed E-state index contributed by atoms with van der Waals surface area (Å²) < 4.78 is 27.9. The molecule has 1 aromatic carbocycles. The van der Waals surface area contributed by atoms with Gasteiger partial charge in [0.1, 0.15) is 4.21 Å². The topological polar surface area (TPSA) is 40.6 Å². The summed E-state index contributed by atoms with van der Waals surface area (Å²) in [4.78, 5) is 2.15. The molecule has 0 radical (unpaired) electrons. The molecule has 0 saturated carbocycles. The molecule has 7 heteroatoms. The minimum Gasteiger partial charge on any atom is -0.302 e. The summed E-state index contributed by atoms with van der Waals surface area (Å²) in [5, 5.41) is 1.77. The second-order valence-electron chi connectivity index (χ2n) is 5.54. The smallest absolute Gasteiger partial charge is 0.252 e. The zero-order valence-corrected chi connectivity index (χ0v) is 14.6. The first kappa shape index (κ1) is 15.2. The van der Waals surface area contributed by atoms with Gasteiger partial charge < -0.3 is 4.90 Å². The molecule has 0 amide bonds. The summed E-state index contributed by atoms with van der Waals surface area (Å²) in [6.07, 6.45) is 0.845. The van der Waals surface area contributed by atoms with Crippen molar-refractivity contribution >= 4 is 43.0 Å². The minimum atomic E-state index is -3.43. The van der Waals surface area contributed by atoms with E-state index < -0.39 is 10.0 Å². The zero-order valence-electron chi connectivity index (χ0n) is 12.2. The number of nitrogens with zero attached hydrogens (tertiary/aromatic N) is 2. The van der Waals surface area contributed by atoms with Crippen molar-refractivity contribution < 1.29 is 8.42 Å². The molecule has 0 fully saturated rings. The van der Waals surface area contributed by atoms with Crippen molar-refractivity contribution in [2.24, 2.45) is 0 Å². The predicted molar refractivity (Wildman–Crippen MR) is 87.7 cm³/mol. The number of rotatable bonds is 2. The number of sulfonamides is 1. The Morgan fingerprint density at radius 1 is 1.29 bits per heavy atom. The summed E-state index contributed by atoms with van der Waals surface area (Å²) in [5.74, 6) is 0. The average molecular weight is 345 g/mol. The van der Waals surface area contributed by atoms with E-state index in [1.165, 1.54) is 15.6 Å². The van der Waals surface area contributed by atoms with Gasteiger partial charge in [0.05, 0.1) is 0 Å². The van der Waals surface area contributed by atoms with E-state index in [1.54, 1.807) is 14.1 Å². The maximum Gasteiger partial charge on any atom is 0.252 e. The van der Waals surface area contributed by atoms with Crippen molar-refractivity contribution in [3.8, 4) is 0 Å². The van der Waals surface area contributed by atoms with Gasteiger partial charge >= 0.3 is 0 Å². The van der Waals surface area contributed by atoms with Crippen LogP contribution in [0.5, 0.6) is 0 Å². The van der Waals surface area contributed by atoms with Crippen molar-refractivity contribution in [2.45, 2.75) is 17.2 Å². The molecule has 21 heavy (non-hydrogen) atoms. The molecule has 114 valence electrons. The van der Waals surface area contributed by atoms with Crippen LogP contribution in [0.4, 0.5) is 0 Å². The Bertz CT molecular complexity index is 812. The normalized spacial score (nSPS) is 16.6. The van der Waals surface area contributed by atoms with Crippen LogP contribution in [0.3, 0.4) is 0 Å². The van der Waals surface area contributed by atoms with Gasteiger partial charge in [0.2, 0.25) is 0 Å². The molecule has 3 rings (SSSR count). The zero-order chi connectivity index (χ0) is 15.4. The first-order valence-electron chi connectivity index (χ1n) is 6.66. The van der Waals surface area contributed by atoms with Gasteiger partial charge in [0, 0.05) is 47.9 Å². The van der Waals surface area contributed by atoms with Gasteiger partial charge in [-0.25, -0.2) is 12.7 Å². The predicted octanol–water partition coefficient (Wildman–Crippen LogP) is 2.79. The number of thiophene rings is 1. The molecule has 0 aliphatic carbocycles. The van der Waals surface area contributed by atoms with E-state index in [9.17, 15) is 8.42 Å². The average Bonchev–Trinajstić information content (AvgIpc) is 2.67. The fourth-order valence-electron chi connectivity index (χ4n) is 2.69. The Morgan fingerprint density at radius 3 is 2.67 bits per heavy atom. The summed E-state index contributed by atoms with van der Waals surface area (Å²) in [6.45, 7) is 1.51. The highest BCUT2D eigenvalue weighted by molar-refractivity contribution is 7.91. The molecule has 0 N–H and O–H groups in total. The second-order valence-corrected chi connectivity index (χ2v) is 9.35. The standard InChI is InChI=1S/C14H17ClN2O2S2/c1-16(2)21(18,19)14-10-8-17(3)7-6-9-11(15)4-5-12(20-14)13(9)10/h4-5H,6-8H2,1-3H3. The highest BCUT2D eigenvalue weighted by atomic mass is 35.5. The van der Waals surface area contributed by atoms with E-state index in [0.29, 0.717) is 10.8 Å². The first-order valence-corrected chi connectivity index (χ1v) is 9.29. The molecular weight excluding hydrogens is 328 g/mol. The van der Waals surface area contributed by atoms with E-state index in [1.807, 2.05) is 19.2 Å². The van der Waals surface area contributed by atoms with Crippen molar-refractivity contribution in [3.05, 3.63) is 28.3 Å². The summed E-state index contributed by atoms with van der Waals surface area (Å²) >= 11 is 7.68. The van der Waals surface area contributed by atoms with Crippen LogP contribution in [0.15, 0.2) is 16.3 Å². The molecule has 0 bridgehead atoms. The molecule has 2 aromatic rings. The van der Waals surface area contributed by atoms with Crippen molar-refractivity contribution in [1.82, 2.24) is 9.21 Å². The number of hydrogen-bond donors (Lipinski definition) is 0. The molecule has 1 aliphatic rings. The van der Waals surface area contributed by atoms with Crippen LogP contribution in [-0.4, -0.2) is 45.3 Å². The molecule has 0 unspecified atom stereocenters. The van der Waals surface area contributed by atoms with Gasteiger partial charge in [-0.2, -0.15) is 0 Å². The third-order valence-corrected chi connectivity index (χ3v) is 7.76. The van der Waals surface area contributed by atoms with Gasteiger partial charge in [-0.15, -0.1) is 11.3 Å². The monoisotopic (exact) mass is 344 g/mol. The molecule has 0 spiro atoms. The first-order chi connectivity index (χ1) is 9.82. The molecule has 0 saturated heterocycles. The van der Waals surface area contributed by atoms with Gasteiger partial charge in [-0.1, -0.05) is 11.6 Å². The van der Waals surface area contributed by atoms with E-state index >= 15 is 0 Å². The summed E-state index contributed by atoms with van der Waals surface area (Å²) in [5.41, 5.74) is 1.96. The van der Waals surface area contributed by atoms with Crippen LogP contribution in [0, 0.1) is 0 Å². The number of halogens is 1. The SMILES string of the molecule is CN1CCc2c(Cl)ccc3sc(S(=O)(=O)N(C)C)c(c23)C1. The number of benzene rings is 1. The van der Waals surface area contributed by atoms with Crippen molar-refractivity contribution in [3.63, 3.8) is 0 Å². The highest BCUT2D eigenvalue weighted by Gasteiger charge is 2.29.